The van der Waals surface area contributed by atoms with Crippen LogP contribution in [0, 0.1) is 18.8 Å². The number of aldehydes is 1. The quantitative estimate of drug-likeness (QED) is 0.187. The highest BCUT2D eigenvalue weighted by atomic mass is 32.2. The minimum atomic E-state index is -0.204. The molecule has 1 fully saturated rings. The molecule has 0 unspecified atom stereocenters. The van der Waals surface area contributed by atoms with Gasteiger partial charge in [-0.2, -0.15) is 11.8 Å². The van der Waals surface area contributed by atoms with Crippen LogP contribution in [0.25, 0.3) is 22.1 Å². The summed E-state index contributed by atoms with van der Waals surface area (Å²) in [6.07, 6.45) is 10.7. The normalized spacial score (nSPS) is 12.0. The van der Waals surface area contributed by atoms with E-state index in [0.29, 0.717) is 23.1 Å². The topological polar surface area (TPSA) is 118 Å². The number of thioether (sulfide) groups is 1. The van der Waals surface area contributed by atoms with Gasteiger partial charge in [-0.05, 0) is 107 Å². The lowest BCUT2D eigenvalue weighted by Gasteiger charge is -2.12. The van der Waals surface area contributed by atoms with E-state index in [-0.39, 0.29) is 5.56 Å². The van der Waals surface area contributed by atoms with Crippen molar-refractivity contribution in [2.45, 2.75) is 26.7 Å². The first-order chi connectivity index (χ1) is 21.3. The van der Waals surface area contributed by atoms with E-state index in [1.807, 2.05) is 67.4 Å². The molecule has 44 heavy (non-hydrogen) atoms. The minimum absolute atomic E-state index is 0.204. The van der Waals surface area contributed by atoms with Gasteiger partial charge in [-0.15, -0.1) is 0 Å². The lowest BCUT2D eigenvalue weighted by molar-refractivity contribution is -0.103. The van der Waals surface area contributed by atoms with Gasteiger partial charge < -0.3 is 24.5 Å². The van der Waals surface area contributed by atoms with E-state index in [9.17, 15) is 9.59 Å². The molecule has 6 rings (SSSR count). The molecule has 1 aliphatic heterocycles. The van der Waals surface area contributed by atoms with E-state index >= 15 is 0 Å². The van der Waals surface area contributed by atoms with Gasteiger partial charge >= 0.3 is 0 Å². The Balaban J connectivity index is 0.000000315. The Morgan fingerprint density at radius 2 is 1.75 bits per heavy atom. The molecule has 0 spiro atoms. The molecule has 0 atom stereocenters. The van der Waals surface area contributed by atoms with Gasteiger partial charge in [0, 0.05) is 24.9 Å². The van der Waals surface area contributed by atoms with Crippen molar-refractivity contribution in [3.05, 3.63) is 77.1 Å². The number of carbonyl (C=O) groups is 1. The smallest absolute Gasteiger partial charge is 0.248 e. The maximum absolute atomic E-state index is 11.7. The lowest BCUT2D eigenvalue weighted by atomic mass is 10.2. The van der Waals surface area contributed by atoms with Crippen LogP contribution in [-0.4, -0.2) is 68.3 Å². The number of imidazole rings is 1. The van der Waals surface area contributed by atoms with Crippen LogP contribution in [0.3, 0.4) is 0 Å². The highest BCUT2D eigenvalue weighted by molar-refractivity contribution is 7.97. The van der Waals surface area contributed by atoms with Crippen LogP contribution in [0.4, 0.5) is 11.5 Å². The maximum Gasteiger partial charge on any atom is 0.248 e. The number of aromatic nitrogens is 5. The minimum Gasteiger partial charge on any atom is -0.457 e. The number of nitrogens with zero attached hydrogens (tertiary/aromatic N) is 5. The van der Waals surface area contributed by atoms with Crippen molar-refractivity contribution in [3.63, 3.8) is 0 Å². The van der Waals surface area contributed by atoms with Crippen LogP contribution in [-0.2, 0) is 11.8 Å². The van der Waals surface area contributed by atoms with Gasteiger partial charge in [0.15, 0.2) is 12.1 Å². The second-order valence-corrected chi connectivity index (χ2v) is 10.8. The third-order valence-electron chi connectivity index (χ3n) is 6.41. The zero-order valence-corrected chi connectivity index (χ0v) is 26.9. The van der Waals surface area contributed by atoms with Crippen molar-refractivity contribution in [2.75, 3.05) is 38.0 Å². The fraction of sp³-hybridized carbons (Fsp3) is 0.303. The number of nitrogens with one attached hydrogen (secondary N) is 2. The molecule has 4 heterocycles. The molecule has 0 aliphatic carbocycles. The van der Waals surface area contributed by atoms with E-state index in [4.69, 9.17) is 4.74 Å². The number of anilines is 2. The molecule has 10 nitrogen and oxygen atoms in total. The average Bonchev–Trinajstić information content (AvgIpc) is 3.64. The van der Waals surface area contributed by atoms with Crippen LogP contribution in [0.15, 0.2) is 66.0 Å². The number of aryl methyl sites for hydroxylation is 2. The number of hydrogen-bond acceptors (Lipinski definition) is 9. The van der Waals surface area contributed by atoms with Crippen molar-refractivity contribution >= 4 is 51.6 Å². The Hall–Kier alpha value is -4.66. The summed E-state index contributed by atoms with van der Waals surface area (Å²) < 4.78 is 8.03. The largest absolute Gasteiger partial charge is 0.457 e. The molecule has 0 amide bonds. The third-order valence-corrected chi connectivity index (χ3v) is 6.41. The number of pyridine rings is 1. The monoisotopic (exact) mass is 613 g/mol. The zero-order valence-electron chi connectivity index (χ0n) is 26.0. The molecule has 11 heteroatoms. The molecular weight excluding hydrogens is 574 g/mol. The average molecular weight is 614 g/mol. The second kappa shape index (κ2) is 17.5. The molecule has 0 bridgehead atoms. The van der Waals surface area contributed by atoms with Crippen molar-refractivity contribution in [1.29, 1.82) is 0 Å². The third kappa shape index (κ3) is 9.97. The molecule has 0 saturated carbocycles. The van der Waals surface area contributed by atoms with E-state index in [1.54, 1.807) is 31.1 Å². The highest BCUT2D eigenvalue weighted by Crippen LogP contribution is 2.30. The molecular formula is C33H39N7O3S. The molecule has 1 saturated heterocycles. The predicted molar refractivity (Wildman–Crippen MR) is 181 cm³/mol. The Labute approximate surface area is 262 Å². The summed E-state index contributed by atoms with van der Waals surface area (Å²) >= 11 is 1.75. The first kappa shape index (κ1) is 33.8. The summed E-state index contributed by atoms with van der Waals surface area (Å²) in [5, 5.41) is 3.24. The maximum atomic E-state index is 11.7. The van der Waals surface area contributed by atoms with Crippen molar-refractivity contribution in [1.82, 2.24) is 29.4 Å². The zero-order chi connectivity index (χ0) is 31.9. The number of H-pyrrole nitrogens is 1. The van der Waals surface area contributed by atoms with Crippen molar-refractivity contribution in [2.24, 2.45) is 7.05 Å². The summed E-state index contributed by atoms with van der Waals surface area (Å²) in [5.74, 6) is 6.59. The van der Waals surface area contributed by atoms with Gasteiger partial charge in [0.1, 0.15) is 23.3 Å². The number of fused-ring (bicyclic) bond motifs is 2. The Morgan fingerprint density at radius 1 is 1.00 bits per heavy atom. The van der Waals surface area contributed by atoms with Crippen LogP contribution >= 0.6 is 11.8 Å². The van der Waals surface area contributed by atoms with Crippen LogP contribution in [0.2, 0.25) is 0 Å². The first-order valence-electron chi connectivity index (χ1n) is 14.0. The van der Waals surface area contributed by atoms with E-state index in [2.05, 4.69) is 49.0 Å². The van der Waals surface area contributed by atoms with Crippen LogP contribution in [0.1, 0.15) is 25.3 Å². The van der Waals surface area contributed by atoms with Crippen molar-refractivity contribution in [3.8, 4) is 23.3 Å². The Bertz CT molecular complexity index is 1780. The number of aromatic amines is 1. The molecule has 2 aromatic carbocycles. The standard InChI is InChI=1S/C22H18N6O2.C5H11N.C4H4O.C2H6S/c1-13-9-14(26-22-21-16(23-11-24-22)5-8-20(29)27-21)3-7-19(13)30-15-4-6-18-17(10-15)25-12-28(18)2;1-6-4-2-3-5-6;1-2-3-4-5;1-3-2/h3-12H,1-2H3,(H,27,29)(H,23,24,26);2-5H2,1H3;4H,1H3;1-2H3. The summed E-state index contributed by atoms with van der Waals surface area (Å²) in [7, 11) is 4.13. The molecule has 3 aromatic heterocycles. The number of likely N-dealkylation sites (tertiary alicyclic amines) is 1. The summed E-state index contributed by atoms with van der Waals surface area (Å²) in [6, 6.07) is 14.7. The van der Waals surface area contributed by atoms with Gasteiger partial charge in [0.2, 0.25) is 5.56 Å². The van der Waals surface area contributed by atoms with Crippen molar-refractivity contribution < 1.29 is 9.53 Å². The summed E-state index contributed by atoms with van der Waals surface area (Å²) in [5.41, 5.74) is 4.73. The molecule has 230 valence electrons. The summed E-state index contributed by atoms with van der Waals surface area (Å²) in [6.45, 7) is 6.23. The number of benzene rings is 2. The fourth-order valence-corrected chi connectivity index (χ4v) is 4.28. The molecule has 1 aliphatic rings. The van der Waals surface area contributed by atoms with E-state index in [0.717, 1.165) is 33.8 Å². The number of hydrogen-bond donors (Lipinski definition) is 2. The Morgan fingerprint density at radius 3 is 2.36 bits per heavy atom. The number of rotatable bonds is 4. The van der Waals surface area contributed by atoms with Gasteiger partial charge in [-0.3, -0.25) is 9.59 Å². The highest BCUT2D eigenvalue weighted by Gasteiger charge is 2.09. The van der Waals surface area contributed by atoms with Gasteiger partial charge in [-0.25, -0.2) is 15.0 Å². The molecule has 0 radical (unpaired) electrons. The van der Waals surface area contributed by atoms with Gasteiger partial charge in [0.25, 0.3) is 0 Å². The number of ether oxygens (including phenoxy) is 1. The van der Waals surface area contributed by atoms with E-state index in [1.165, 1.54) is 38.3 Å². The first-order valence-corrected chi connectivity index (χ1v) is 15.7. The van der Waals surface area contributed by atoms with Gasteiger partial charge in [0.05, 0.1) is 22.9 Å². The SMILES string of the molecule is CC#CC=O.CN1CCCC1.CSC.Cc1cc(Nc2ncnc3ccc(=O)[nH]c23)ccc1Oc1ccc2c(c1)ncn2C. The fourth-order valence-electron chi connectivity index (χ4n) is 4.28. The van der Waals surface area contributed by atoms with Crippen LogP contribution < -0.4 is 15.6 Å². The van der Waals surface area contributed by atoms with Crippen LogP contribution in [0.5, 0.6) is 11.5 Å². The van der Waals surface area contributed by atoms with Gasteiger partial charge in [-0.1, -0.05) is 5.92 Å². The molecule has 2 N–H and O–H groups in total. The lowest BCUT2D eigenvalue weighted by Crippen LogP contribution is -2.10. The van der Waals surface area contributed by atoms with E-state index < -0.39 is 0 Å². The second-order valence-electron chi connectivity index (χ2n) is 9.95. The summed E-state index contributed by atoms with van der Waals surface area (Å²) in [4.78, 5) is 38.9. The number of carbonyl (C=O) groups excluding carboxylic acids is 1. The predicted octanol–water partition coefficient (Wildman–Crippen LogP) is 5.95. The Kier molecular flexibility index (Phi) is 13.4. The molecule has 5 aromatic rings.